The number of rotatable bonds is 5. The molecule has 0 radical (unpaired) electrons. The predicted molar refractivity (Wildman–Crippen MR) is 65.0 cm³/mol. The van der Waals surface area contributed by atoms with Gasteiger partial charge in [-0.25, -0.2) is 9.97 Å². The monoisotopic (exact) mass is 233 g/mol. The molecule has 0 spiro atoms. The summed E-state index contributed by atoms with van der Waals surface area (Å²) in [5, 5.41) is 3.12. The Morgan fingerprint density at radius 1 is 1.53 bits per heavy atom. The van der Waals surface area contributed by atoms with Gasteiger partial charge in [0.15, 0.2) is 0 Å². The number of nitrogens with one attached hydrogen (secondary N) is 2. The van der Waals surface area contributed by atoms with E-state index in [4.69, 9.17) is 0 Å². The maximum absolute atomic E-state index is 11.3. The number of hydrogen-bond donors (Lipinski definition) is 2. The molecule has 0 aliphatic heterocycles. The van der Waals surface area contributed by atoms with E-state index in [2.05, 4.69) is 20.3 Å². The van der Waals surface area contributed by atoms with Gasteiger partial charge in [-0.05, 0) is 0 Å². The van der Waals surface area contributed by atoms with Crippen molar-refractivity contribution in [2.24, 2.45) is 0 Å². The minimum Gasteiger partial charge on any atom is -0.368 e. The number of aromatic nitrogens is 4. The number of aryl methyl sites for hydroxylation is 1. The molecule has 0 aliphatic rings. The van der Waals surface area contributed by atoms with Crippen LogP contribution < -0.4 is 10.9 Å². The SMILES string of the molecule is CCc1nc(NCCn2ccnc2)cc(=O)[nH]1. The number of aromatic amines is 1. The first-order valence-corrected chi connectivity index (χ1v) is 5.58. The van der Waals surface area contributed by atoms with Crippen LogP contribution in [0.1, 0.15) is 12.7 Å². The summed E-state index contributed by atoms with van der Waals surface area (Å²) in [5.74, 6) is 1.31. The maximum Gasteiger partial charge on any atom is 0.252 e. The lowest BCUT2D eigenvalue weighted by Crippen LogP contribution is -2.15. The zero-order chi connectivity index (χ0) is 12.1. The van der Waals surface area contributed by atoms with Crippen LogP contribution in [0.15, 0.2) is 29.6 Å². The molecule has 2 N–H and O–H groups in total. The Kier molecular flexibility index (Phi) is 3.54. The number of imidazole rings is 1. The van der Waals surface area contributed by atoms with E-state index in [1.165, 1.54) is 6.07 Å². The third kappa shape index (κ3) is 3.17. The van der Waals surface area contributed by atoms with Crippen molar-refractivity contribution in [1.82, 2.24) is 19.5 Å². The van der Waals surface area contributed by atoms with Gasteiger partial charge in [0, 0.05) is 38.0 Å². The Morgan fingerprint density at radius 2 is 2.41 bits per heavy atom. The molecule has 0 atom stereocenters. The minimum atomic E-state index is -0.123. The number of anilines is 1. The van der Waals surface area contributed by atoms with Gasteiger partial charge in [-0.3, -0.25) is 4.79 Å². The Morgan fingerprint density at radius 3 is 3.12 bits per heavy atom. The summed E-state index contributed by atoms with van der Waals surface area (Å²) in [6.45, 7) is 3.44. The van der Waals surface area contributed by atoms with Crippen LogP contribution in [-0.4, -0.2) is 26.1 Å². The second-order valence-electron chi connectivity index (χ2n) is 3.66. The Balaban J connectivity index is 1.94. The zero-order valence-electron chi connectivity index (χ0n) is 9.68. The van der Waals surface area contributed by atoms with Crippen molar-refractivity contribution in [3.63, 3.8) is 0 Å². The van der Waals surface area contributed by atoms with Crippen molar-refractivity contribution in [2.75, 3.05) is 11.9 Å². The smallest absolute Gasteiger partial charge is 0.252 e. The van der Waals surface area contributed by atoms with Gasteiger partial charge in [0.05, 0.1) is 6.33 Å². The summed E-state index contributed by atoms with van der Waals surface area (Å²) in [6, 6.07) is 1.47. The lowest BCUT2D eigenvalue weighted by atomic mass is 10.4. The third-order valence-electron chi connectivity index (χ3n) is 2.36. The summed E-state index contributed by atoms with van der Waals surface area (Å²) >= 11 is 0. The molecular formula is C11H15N5O. The lowest BCUT2D eigenvalue weighted by Gasteiger charge is -2.06. The van der Waals surface area contributed by atoms with Gasteiger partial charge in [0.1, 0.15) is 11.6 Å². The van der Waals surface area contributed by atoms with E-state index in [1.807, 2.05) is 17.7 Å². The van der Waals surface area contributed by atoms with E-state index in [1.54, 1.807) is 12.5 Å². The van der Waals surface area contributed by atoms with Crippen LogP contribution in [0.4, 0.5) is 5.82 Å². The van der Waals surface area contributed by atoms with E-state index in [0.29, 0.717) is 24.6 Å². The predicted octanol–water partition coefficient (Wildman–Crippen LogP) is 0.641. The second-order valence-corrected chi connectivity index (χ2v) is 3.66. The molecule has 0 aliphatic carbocycles. The summed E-state index contributed by atoms with van der Waals surface area (Å²) in [4.78, 5) is 22.2. The van der Waals surface area contributed by atoms with Crippen LogP contribution in [0.3, 0.4) is 0 Å². The molecule has 0 unspecified atom stereocenters. The van der Waals surface area contributed by atoms with E-state index < -0.39 is 0 Å². The fourth-order valence-electron chi connectivity index (χ4n) is 1.50. The van der Waals surface area contributed by atoms with Gasteiger partial charge in [-0.15, -0.1) is 0 Å². The van der Waals surface area contributed by atoms with Crippen molar-refractivity contribution in [3.05, 3.63) is 41.0 Å². The average Bonchev–Trinajstić information content (AvgIpc) is 2.81. The fourth-order valence-corrected chi connectivity index (χ4v) is 1.50. The zero-order valence-corrected chi connectivity index (χ0v) is 9.68. The summed E-state index contributed by atoms with van der Waals surface area (Å²) in [6.07, 6.45) is 6.10. The molecule has 0 aromatic carbocycles. The Bertz CT molecular complexity index is 517. The highest BCUT2D eigenvalue weighted by atomic mass is 16.1. The van der Waals surface area contributed by atoms with Gasteiger partial charge in [-0.1, -0.05) is 6.92 Å². The molecule has 17 heavy (non-hydrogen) atoms. The molecule has 2 heterocycles. The maximum atomic E-state index is 11.3. The summed E-state index contributed by atoms with van der Waals surface area (Å²) in [5.41, 5.74) is -0.123. The molecule has 0 fully saturated rings. The first-order valence-electron chi connectivity index (χ1n) is 5.58. The van der Waals surface area contributed by atoms with Crippen molar-refractivity contribution in [1.29, 1.82) is 0 Å². The fraction of sp³-hybridized carbons (Fsp3) is 0.364. The number of H-pyrrole nitrogens is 1. The minimum absolute atomic E-state index is 0.123. The largest absolute Gasteiger partial charge is 0.368 e. The third-order valence-corrected chi connectivity index (χ3v) is 2.36. The Hall–Kier alpha value is -2.11. The van der Waals surface area contributed by atoms with Crippen LogP contribution in [0.2, 0.25) is 0 Å². The molecule has 6 heteroatoms. The van der Waals surface area contributed by atoms with E-state index in [-0.39, 0.29) is 5.56 Å². The Labute approximate surface area is 98.7 Å². The normalized spacial score (nSPS) is 10.4. The van der Waals surface area contributed by atoms with Crippen LogP contribution in [0.25, 0.3) is 0 Å². The first-order chi connectivity index (χ1) is 8.28. The van der Waals surface area contributed by atoms with Crippen molar-refractivity contribution in [2.45, 2.75) is 19.9 Å². The van der Waals surface area contributed by atoms with Crippen LogP contribution in [0.5, 0.6) is 0 Å². The van der Waals surface area contributed by atoms with Gasteiger partial charge in [0.25, 0.3) is 5.56 Å². The van der Waals surface area contributed by atoms with Crippen molar-refractivity contribution >= 4 is 5.82 Å². The van der Waals surface area contributed by atoms with Gasteiger partial charge in [-0.2, -0.15) is 0 Å². The molecule has 0 saturated heterocycles. The molecule has 0 bridgehead atoms. The molecular weight excluding hydrogens is 218 g/mol. The van der Waals surface area contributed by atoms with E-state index >= 15 is 0 Å². The number of hydrogen-bond acceptors (Lipinski definition) is 4. The summed E-state index contributed by atoms with van der Waals surface area (Å²) in [7, 11) is 0. The quantitative estimate of drug-likeness (QED) is 0.794. The van der Waals surface area contributed by atoms with Crippen molar-refractivity contribution in [3.8, 4) is 0 Å². The van der Waals surface area contributed by atoms with Gasteiger partial charge >= 0.3 is 0 Å². The first kappa shape index (κ1) is 11.4. The van der Waals surface area contributed by atoms with Gasteiger partial charge < -0.3 is 14.9 Å². The second kappa shape index (κ2) is 5.29. The van der Waals surface area contributed by atoms with Crippen LogP contribution >= 0.6 is 0 Å². The molecule has 6 nitrogen and oxygen atoms in total. The molecule has 2 aromatic rings. The number of nitrogens with zero attached hydrogens (tertiary/aromatic N) is 3. The highest BCUT2D eigenvalue weighted by Gasteiger charge is 1.99. The van der Waals surface area contributed by atoms with Crippen LogP contribution in [0, 0.1) is 0 Å². The molecule has 0 saturated carbocycles. The van der Waals surface area contributed by atoms with Crippen LogP contribution in [-0.2, 0) is 13.0 Å². The van der Waals surface area contributed by atoms with E-state index in [0.717, 1.165) is 6.54 Å². The van der Waals surface area contributed by atoms with Crippen molar-refractivity contribution < 1.29 is 0 Å². The summed E-state index contributed by atoms with van der Waals surface area (Å²) < 4.78 is 1.96. The molecule has 2 aromatic heterocycles. The molecule has 0 amide bonds. The highest BCUT2D eigenvalue weighted by molar-refractivity contribution is 5.32. The average molecular weight is 233 g/mol. The highest BCUT2D eigenvalue weighted by Crippen LogP contribution is 1.99. The molecule has 2 rings (SSSR count). The molecule has 90 valence electrons. The van der Waals surface area contributed by atoms with E-state index in [9.17, 15) is 4.79 Å². The lowest BCUT2D eigenvalue weighted by molar-refractivity contribution is 0.724. The standard InChI is InChI=1S/C11H15N5O/c1-2-9-14-10(7-11(17)15-9)13-4-6-16-5-3-12-8-16/h3,5,7-8H,2,4,6H2,1H3,(H2,13,14,15,17). The topological polar surface area (TPSA) is 75.6 Å². The van der Waals surface area contributed by atoms with Gasteiger partial charge in [0.2, 0.25) is 0 Å².